The second-order valence-corrected chi connectivity index (χ2v) is 5.82. The Morgan fingerprint density at radius 2 is 1.40 bits per heavy atom. The highest BCUT2D eigenvalue weighted by molar-refractivity contribution is 7.93. The summed E-state index contributed by atoms with van der Waals surface area (Å²) in [5.74, 6) is -11.3. The van der Waals surface area contributed by atoms with Crippen molar-refractivity contribution < 1.29 is 30.4 Å². The van der Waals surface area contributed by atoms with Gasteiger partial charge < -0.3 is 5.73 Å². The molecule has 0 radical (unpaired) electrons. The molecule has 4 nitrogen and oxygen atoms in total. The molecule has 1 unspecified atom stereocenters. The third-order valence-electron chi connectivity index (χ3n) is 2.61. The van der Waals surface area contributed by atoms with E-state index in [2.05, 4.69) is 0 Å². The zero-order valence-electron chi connectivity index (χ0n) is 10.2. The van der Waals surface area contributed by atoms with Crippen LogP contribution in [-0.4, -0.2) is 20.2 Å². The first-order valence-corrected chi connectivity index (χ1v) is 6.95. The topological polar surface area (TPSA) is 72.2 Å². The quantitative estimate of drug-likeness (QED) is 0.494. The van der Waals surface area contributed by atoms with Gasteiger partial charge in [0.05, 0.1) is 5.25 Å². The molecule has 20 heavy (non-hydrogen) atoms. The van der Waals surface area contributed by atoms with Crippen molar-refractivity contribution >= 4 is 15.7 Å². The summed E-state index contributed by atoms with van der Waals surface area (Å²) in [5.41, 5.74) is 3.55. The number of anilines is 1. The van der Waals surface area contributed by atoms with Gasteiger partial charge in [0, 0.05) is 6.54 Å². The van der Waals surface area contributed by atoms with Crippen LogP contribution in [0, 0.1) is 29.1 Å². The van der Waals surface area contributed by atoms with Crippen molar-refractivity contribution in [1.29, 1.82) is 0 Å². The average Bonchev–Trinajstić information content (AvgIpc) is 2.40. The Bertz CT molecular complexity index is 588. The van der Waals surface area contributed by atoms with Crippen LogP contribution < -0.4 is 10.5 Å². The van der Waals surface area contributed by atoms with Gasteiger partial charge in [-0.25, -0.2) is 30.4 Å². The Balaban J connectivity index is 3.37. The molecular formula is C10H11F5N2O2S. The summed E-state index contributed by atoms with van der Waals surface area (Å²) >= 11 is 0. The minimum absolute atomic E-state index is 0.00122. The summed E-state index contributed by atoms with van der Waals surface area (Å²) in [6, 6.07) is 0. The molecule has 0 amide bonds. The molecule has 0 saturated carbocycles. The van der Waals surface area contributed by atoms with E-state index in [0.29, 0.717) is 0 Å². The molecule has 1 rings (SSSR count). The maximum Gasteiger partial charge on any atom is 0.237 e. The molecule has 1 atom stereocenters. The van der Waals surface area contributed by atoms with E-state index < -0.39 is 50.0 Å². The Labute approximate surface area is 111 Å². The lowest BCUT2D eigenvalue weighted by Crippen LogP contribution is -2.34. The third-order valence-corrected chi connectivity index (χ3v) is 4.50. The first-order valence-electron chi connectivity index (χ1n) is 5.40. The smallest absolute Gasteiger partial charge is 0.237 e. The molecule has 0 fully saturated rings. The molecule has 0 spiro atoms. The van der Waals surface area contributed by atoms with Crippen LogP contribution in [0.1, 0.15) is 13.3 Å². The van der Waals surface area contributed by atoms with Crippen LogP contribution in [-0.2, 0) is 10.0 Å². The fourth-order valence-corrected chi connectivity index (χ4v) is 2.76. The van der Waals surface area contributed by atoms with Gasteiger partial charge in [-0.1, -0.05) is 6.92 Å². The van der Waals surface area contributed by atoms with Gasteiger partial charge in [0.15, 0.2) is 23.3 Å². The first-order chi connectivity index (χ1) is 9.17. The minimum atomic E-state index is -4.38. The molecule has 3 N–H and O–H groups in total. The molecule has 0 heterocycles. The van der Waals surface area contributed by atoms with E-state index >= 15 is 0 Å². The number of nitrogens with two attached hydrogens (primary N) is 1. The van der Waals surface area contributed by atoms with Crippen molar-refractivity contribution in [2.24, 2.45) is 5.73 Å². The van der Waals surface area contributed by atoms with Crippen molar-refractivity contribution in [3.63, 3.8) is 0 Å². The van der Waals surface area contributed by atoms with Crippen molar-refractivity contribution in [3.8, 4) is 0 Å². The number of sulfonamides is 1. The summed E-state index contributed by atoms with van der Waals surface area (Å²) in [6.45, 7) is 1.07. The molecular weight excluding hydrogens is 307 g/mol. The van der Waals surface area contributed by atoms with Crippen LogP contribution in [0.3, 0.4) is 0 Å². The number of halogens is 5. The maximum atomic E-state index is 13.3. The molecule has 1 aromatic rings. The lowest BCUT2D eigenvalue weighted by molar-refractivity contribution is 0.382. The van der Waals surface area contributed by atoms with Gasteiger partial charge in [0.1, 0.15) is 5.69 Å². The number of rotatable bonds is 5. The Morgan fingerprint density at radius 1 is 1.00 bits per heavy atom. The van der Waals surface area contributed by atoms with E-state index in [0.717, 1.165) is 0 Å². The van der Waals surface area contributed by atoms with Gasteiger partial charge in [-0.15, -0.1) is 0 Å². The largest absolute Gasteiger partial charge is 0.329 e. The maximum absolute atomic E-state index is 13.3. The highest BCUT2D eigenvalue weighted by Crippen LogP contribution is 2.28. The summed E-state index contributed by atoms with van der Waals surface area (Å²) in [7, 11) is -4.38. The van der Waals surface area contributed by atoms with Crippen LogP contribution >= 0.6 is 0 Å². The molecule has 0 bridgehead atoms. The van der Waals surface area contributed by atoms with Gasteiger partial charge in [-0.2, -0.15) is 0 Å². The number of nitrogens with one attached hydrogen (secondary N) is 1. The fraction of sp³-hybridized carbons (Fsp3) is 0.400. The van der Waals surface area contributed by atoms with E-state index in [9.17, 15) is 30.4 Å². The molecule has 0 aliphatic heterocycles. The summed E-state index contributed by atoms with van der Waals surface area (Å²) in [4.78, 5) is 0. The van der Waals surface area contributed by atoms with Gasteiger partial charge in [-0.3, -0.25) is 4.72 Å². The molecule has 0 aliphatic carbocycles. The van der Waals surface area contributed by atoms with Crippen molar-refractivity contribution in [2.45, 2.75) is 18.6 Å². The van der Waals surface area contributed by atoms with Gasteiger partial charge in [-0.05, 0) is 6.42 Å². The van der Waals surface area contributed by atoms with Crippen molar-refractivity contribution in [1.82, 2.24) is 0 Å². The van der Waals surface area contributed by atoms with E-state index in [4.69, 9.17) is 5.73 Å². The predicted molar refractivity (Wildman–Crippen MR) is 61.9 cm³/mol. The van der Waals surface area contributed by atoms with Crippen LogP contribution in [0.4, 0.5) is 27.6 Å². The molecule has 0 aliphatic rings. The summed E-state index contributed by atoms with van der Waals surface area (Å²) in [6.07, 6.45) is 0.00122. The van der Waals surface area contributed by atoms with Crippen LogP contribution in [0.25, 0.3) is 0 Å². The van der Waals surface area contributed by atoms with E-state index in [1.807, 2.05) is 0 Å². The normalized spacial score (nSPS) is 13.3. The predicted octanol–water partition coefficient (Wildman–Crippen LogP) is 1.86. The zero-order chi connectivity index (χ0) is 15.7. The SMILES string of the molecule is CCC(CN)S(=O)(=O)Nc1c(F)c(F)c(F)c(F)c1F. The van der Waals surface area contributed by atoms with E-state index in [1.165, 1.54) is 11.6 Å². The van der Waals surface area contributed by atoms with E-state index in [-0.39, 0.29) is 13.0 Å². The minimum Gasteiger partial charge on any atom is -0.329 e. The molecule has 1 aromatic carbocycles. The second kappa shape index (κ2) is 5.92. The average molecular weight is 318 g/mol. The number of hydrogen-bond acceptors (Lipinski definition) is 3. The number of hydrogen-bond donors (Lipinski definition) is 2. The van der Waals surface area contributed by atoms with Gasteiger partial charge >= 0.3 is 0 Å². The standard InChI is InChI=1S/C10H11F5N2O2S/c1-2-4(3-16)20(18,19)17-10-8(14)6(12)5(11)7(13)9(10)15/h4,17H,2-3,16H2,1H3. The van der Waals surface area contributed by atoms with Crippen molar-refractivity contribution in [2.75, 3.05) is 11.3 Å². The highest BCUT2D eigenvalue weighted by Gasteiger charge is 2.30. The molecule has 114 valence electrons. The second-order valence-electron chi connectivity index (χ2n) is 3.86. The molecule has 0 aromatic heterocycles. The molecule has 0 saturated heterocycles. The highest BCUT2D eigenvalue weighted by atomic mass is 32.2. The Kier molecular flexibility index (Phi) is 4.92. The van der Waals surface area contributed by atoms with Gasteiger partial charge in [0.2, 0.25) is 15.8 Å². The van der Waals surface area contributed by atoms with Crippen LogP contribution in [0.15, 0.2) is 0 Å². The molecule has 10 heteroatoms. The summed E-state index contributed by atoms with van der Waals surface area (Å²) < 4.78 is 90.1. The van der Waals surface area contributed by atoms with Crippen LogP contribution in [0.2, 0.25) is 0 Å². The lowest BCUT2D eigenvalue weighted by atomic mass is 10.2. The Morgan fingerprint density at radius 3 is 1.75 bits per heavy atom. The van der Waals surface area contributed by atoms with Crippen molar-refractivity contribution in [3.05, 3.63) is 29.1 Å². The monoisotopic (exact) mass is 318 g/mol. The lowest BCUT2D eigenvalue weighted by Gasteiger charge is -2.16. The van der Waals surface area contributed by atoms with E-state index in [1.54, 1.807) is 0 Å². The Hall–Kier alpha value is -1.42. The zero-order valence-corrected chi connectivity index (χ0v) is 11.0. The fourth-order valence-electron chi connectivity index (χ4n) is 1.43. The summed E-state index contributed by atoms with van der Waals surface area (Å²) in [5, 5.41) is -1.22. The van der Waals surface area contributed by atoms with Crippen LogP contribution in [0.5, 0.6) is 0 Å². The number of benzene rings is 1. The first kappa shape index (κ1) is 16.6. The van der Waals surface area contributed by atoms with Gasteiger partial charge in [0.25, 0.3) is 0 Å². The third kappa shape index (κ3) is 2.85.